The van der Waals surface area contributed by atoms with Crippen LogP contribution in [0.15, 0.2) is 60.9 Å². The van der Waals surface area contributed by atoms with Gasteiger partial charge in [-0.15, -0.1) is 0 Å². The fraction of sp³-hybridized carbons (Fsp3) is 0.150. The number of H-pyrrole nitrogens is 1. The molecule has 1 fully saturated rings. The van der Waals surface area contributed by atoms with Gasteiger partial charge in [0.2, 0.25) is 5.91 Å². The van der Waals surface area contributed by atoms with Crippen LogP contribution in [-0.4, -0.2) is 44.0 Å². The van der Waals surface area contributed by atoms with E-state index in [1.165, 1.54) is 6.33 Å². The van der Waals surface area contributed by atoms with Crippen LogP contribution in [0.1, 0.15) is 12.0 Å². The molecule has 1 aliphatic heterocycles. The van der Waals surface area contributed by atoms with Crippen molar-refractivity contribution in [2.24, 2.45) is 0 Å². The van der Waals surface area contributed by atoms with Crippen LogP contribution >= 0.6 is 0 Å². The van der Waals surface area contributed by atoms with Crippen molar-refractivity contribution in [1.29, 1.82) is 0 Å². The van der Waals surface area contributed by atoms with E-state index in [4.69, 9.17) is 0 Å². The third-order valence-electron chi connectivity index (χ3n) is 4.51. The summed E-state index contributed by atoms with van der Waals surface area (Å²) in [5.41, 5.74) is 2.16. The van der Waals surface area contributed by atoms with E-state index in [0.717, 1.165) is 16.0 Å². The van der Waals surface area contributed by atoms with Crippen LogP contribution in [0.2, 0.25) is 0 Å². The summed E-state index contributed by atoms with van der Waals surface area (Å²) in [6.07, 6.45) is 1.25. The van der Waals surface area contributed by atoms with Crippen molar-refractivity contribution >= 4 is 23.5 Å². The number of aromatic nitrogens is 3. The fourth-order valence-electron chi connectivity index (χ4n) is 3.12. The van der Waals surface area contributed by atoms with Crippen molar-refractivity contribution in [2.45, 2.75) is 19.0 Å². The van der Waals surface area contributed by atoms with Gasteiger partial charge < -0.3 is 10.6 Å². The molecule has 1 saturated heterocycles. The van der Waals surface area contributed by atoms with E-state index in [2.05, 4.69) is 25.8 Å². The number of rotatable bonds is 6. The first kappa shape index (κ1) is 18.4. The summed E-state index contributed by atoms with van der Waals surface area (Å²) in [6, 6.07) is 14.9. The summed E-state index contributed by atoms with van der Waals surface area (Å²) in [4.78, 5) is 42.3. The number of hydrogen-bond acceptors (Lipinski definition) is 5. The van der Waals surface area contributed by atoms with Crippen molar-refractivity contribution in [2.75, 3.05) is 5.32 Å². The second kappa shape index (κ2) is 7.93. The van der Waals surface area contributed by atoms with Crippen LogP contribution in [0.5, 0.6) is 0 Å². The number of carbonyl (C=O) groups is 3. The van der Waals surface area contributed by atoms with Gasteiger partial charge in [0.05, 0.1) is 13.0 Å². The molecule has 2 aromatic carbocycles. The van der Waals surface area contributed by atoms with Crippen LogP contribution in [0, 0.1) is 0 Å². The van der Waals surface area contributed by atoms with Crippen molar-refractivity contribution in [3.8, 4) is 11.4 Å². The number of hydrogen-bond donors (Lipinski definition) is 3. The Morgan fingerprint density at radius 1 is 1.10 bits per heavy atom. The lowest BCUT2D eigenvalue weighted by atomic mass is 10.1. The van der Waals surface area contributed by atoms with Crippen LogP contribution in [-0.2, 0) is 16.1 Å². The molecule has 1 atom stereocenters. The molecular weight excluding hydrogens is 372 g/mol. The van der Waals surface area contributed by atoms with E-state index < -0.39 is 18.0 Å². The van der Waals surface area contributed by atoms with Gasteiger partial charge >= 0.3 is 6.03 Å². The highest BCUT2D eigenvalue weighted by Crippen LogP contribution is 2.19. The number of amides is 4. The van der Waals surface area contributed by atoms with E-state index in [-0.39, 0.29) is 18.9 Å². The molecule has 0 saturated carbocycles. The van der Waals surface area contributed by atoms with Gasteiger partial charge in [-0.3, -0.25) is 19.6 Å². The predicted molar refractivity (Wildman–Crippen MR) is 104 cm³/mol. The number of nitrogens with zero attached hydrogens (tertiary/aromatic N) is 3. The Balaban J connectivity index is 1.38. The normalized spacial score (nSPS) is 16.0. The van der Waals surface area contributed by atoms with Gasteiger partial charge in [-0.25, -0.2) is 9.78 Å². The summed E-state index contributed by atoms with van der Waals surface area (Å²) < 4.78 is 0. The second-order valence-electron chi connectivity index (χ2n) is 6.58. The summed E-state index contributed by atoms with van der Waals surface area (Å²) in [6.45, 7) is 0.169. The highest BCUT2D eigenvalue weighted by atomic mass is 16.2. The zero-order chi connectivity index (χ0) is 20.2. The summed E-state index contributed by atoms with van der Waals surface area (Å²) in [5, 5.41) is 11.9. The molecule has 29 heavy (non-hydrogen) atoms. The number of nitrogens with one attached hydrogen (secondary N) is 3. The van der Waals surface area contributed by atoms with Crippen molar-refractivity contribution in [3.05, 3.63) is 66.5 Å². The number of carbonyl (C=O) groups excluding carboxylic acids is 3. The molecule has 1 aliphatic rings. The fourth-order valence-corrected chi connectivity index (χ4v) is 3.12. The van der Waals surface area contributed by atoms with Crippen LogP contribution < -0.4 is 10.6 Å². The third kappa shape index (κ3) is 4.13. The highest BCUT2D eigenvalue weighted by Gasteiger charge is 2.38. The first-order valence-electron chi connectivity index (χ1n) is 9.01. The lowest BCUT2D eigenvalue weighted by Crippen LogP contribution is -2.34. The Kier molecular flexibility index (Phi) is 5.02. The van der Waals surface area contributed by atoms with Crippen molar-refractivity contribution in [1.82, 2.24) is 25.4 Å². The average Bonchev–Trinajstić information content (AvgIpc) is 3.34. The molecule has 3 N–H and O–H groups in total. The van der Waals surface area contributed by atoms with Gasteiger partial charge in [-0.1, -0.05) is 42.5 Å². The van der Waals surface area contributed by atoms with Crippen molar-refractivity contribution < 1.29 is 14.4 Å². The third-order valence-corrected chi connectivity index (χ3v) is 4.51. The van der Waals surface area contributed by atoms with Gasteiger partial charge in [0.25, 0.3) is 5.91 Å². The molecule has 0 spiro atoms. The maximum atomic E-state index is 12.6. The van der Waals surface area contributed by atoms with Crippen LogP contribution in [0.4, 0.5) is 10.5 Å². The van der Waals surface area contributed by atoms with E-state index in [0.29, 0.717) is 11.5 Å². The zero-order valence-electron chi connectivity index (χ0n) is 15.3. The van der Waals surface area contributed by atoms with E-state index in [9.17, 15) is 14.4 Å². The molecule has 4 amide bonds. The molecule has 9 heteroatoms. The van der Waals surface area contributed by atoms with Gasteiger partial charge in [0, 0.05) is 11.3 Å². The van der Waals surface area contributed by atoms with Gasteiger partial charge in [-0.05, 0) is 17.7 Å². The Morgan fingerprint density at radius 3 is 2.69 bits per heavy atom. The molecule has 2 heterocycles. The molecular formula is C20H18N6O3. The Morgan fingerprint density at radius 2 is 1.93 bits per heavy atom. The zero-order valence-corrected chi connectivity index (χ0v) is 15.3. The SMILES string of the molecule is O=C(C[C@H]1NC(=O)N(Cc2ccccc2)C1=O)Nc1cccc(-c2ncn[nH]2)c1. The Hall–Kier alpha value is -4.01. The first-order chi connectivity index (χ1) is 14.1. The van der Waals surface area contributed by atoms with Gasteiger partial charge in [0.15, 0.2) is 5.82 Å². The average molecular weight is 390 g/mol. The molecule has 3 aromatic rings. The monoisotopic (exact) mass is 390 g/mol. The highest BCUT2D eigenvalue weighted by molar-refractivity contribution is 6.06. The smallest absolute Gasteiger partial charge is 0.325 e. The lowest BCUT2D eigenvalue weighted by molar-refractivity contribution is -0.130. The number of urea groups is 1. The van der Waals surface area contributed by atoms with Gasteiger partial charge in [0.1, 0.15) is 12.4 Å². The second-order valence-corrected chi connectivity index (χ2v) is 6.58. The lowest BCUT2D eigenvalue weighted by Gasteiger charge is -2.13. The van der Waals surface area contributed by atoms with Crippen molar-refractivity contribution in [3.63, 3.8) is 0 Å². The minimum Gasteiger partial charge on any atom is -0.326 e. The molecule has 1 aromatic heterocycles. The van der Waals surface area contributed by atoms with Crippen LogP contribution in [0.3, 0.4) is 0 Å². The maximum absolute atomic E-state index is 12.6. The van der Waals surface area contributed by atoms with E-state index in [1.807, 2.05) is 36.4 Å². The van der Waals surface area contributed by atoms with Crippen LogP contribution in [0.25, 0.3) is 11.4 Å². The number of benzene rings is 2. The number of anilines is 1. The minimum atomic E-state index is -0.885. The summed E-state index contributed by atoms with van der Waals surface area (Å²) >= 11 is 0. The molecule has 0 radical (unpaired) electrons. The molecule has 0 bridgehead atoms. The Labute approximate surface area is 166 Å². The topological polar surface area (TPSA) is 120 Å². The molecule has 9 nitrogen and oxygen atoms in total. The number of aromatic amines is 1. The standard InChI is InChI=1S/C20H18N6O3/c27-17(23-15-8-4-7-14(9-15)18-21-12-22-25-18)10-16-19(28)26(20(29)24-16)11-13-5-2-1-3-6-13/h1-9,12,16H,10-11H2,(H,23,27)(H,24,29)(H,21,22,25)/t16-/m1/s1. The quantitative estimate of drug-likeness (QED) is 0.556. The molecule has 0 unspecified atom stereocenters. The van der Waals surface area contributed by atoms with E-state index >= 15 is 0 Å². The predicted octanol–water partition coefficient (Wildman–Crippen LogP) is 1.92. The summed E-state index contributed by atoms with van der Waals surface area (Å²) in [5.74, 6) is -0.208. The van der Waals surface area contributed by atoms with E-state index in [1.54, 1.807) is 18.2 Å². The summed E-state index contributed by atoms with van der Waals surface area (Å²) in [7, 11) is 0. The molecule has 0 aliphatic carbocycles. The molecule has 4 rings (SSSR count). The first-order valence-corrected chi connectivity index (χ1v) is 9.01. The largest absolute Gasteiger partial charge is 0.326 e. The minimum absolute atomic E-state index is 0.150. The maximum Gasteiger partial charge on any atom is 0.325 e. The Bertz CT molecular complexity index is 1040. The molecule has 146 valence electrons. The van der Waals surface area contributed by atoms with Gasteiger partial charge in [-0.2, -0.15) is 5.10 Å². The number of imide groups is 1.